The largest absolute Gasteiger partial charge is 0.390 e. The molecule has 0 aromatic carbocycles. The summed E-state index contributed by atoms with van der Waals surface area (Å²) in [5.74, 6) is 0. The first-order valence-corrected chi connectivity index (χ1v) is 7.35. The molecule has 0 spiro atoms. The first-order valence-electron chi connectivity index (χ1n) is 7.35. The monoisotopic (exact) mass is 257 g/mol. The van der Waals surface area contributed by atoms with Crippen molar-refractivity contribution in [2.45, 2.75) is 51.7 Å². The molecular weight excluding hydrogens is 226 g/mol. The van der Waals surface area contributed by atoms with Crippen LogP contribution in [0.2, 0.25) is 0 Å². The minimum atomic E-state index is -0.543. The van der Waals surface area contributed by atoms with Gasteiger partial charge in [-0.3, -0.25) is 4.90 Å². The van der Waals surface area contributed by atoms with Crippen LogP contribution in [0.25, 0.3) is 0 Å². The van der Waals surface area contributed by atoms with Crippen LogP contribution in [0, 0.1) is 0 Å². The van der Waals surface area contributed by atoms with E-state index in [0.717, 1.165) is 45.7 Å². The van der Waals surface area contributed by atoms with Gasteiger partial charge in [0.2, 0.25) is 0 Å². The summed E-state index contributed by atoms with van der Waals surface area (Å²) in [4.78, 5) is 4.98. The first kappa shape index (κ1) is 15.9. The van der Waals surface area contributed by atoms with E-state index in [1.54, 1.807) is 0 Å². The number of hydrogen-bond acceptors (Lipinski definition) is 4. The SMILES string of the molecule is CCCC(CN)N1CCN(CCC(C)(C)O)CC1. The summed E-state index contributed by atoms with van der Waals surface area (Å²) in [7, 11) is 0. The molecule has 1 aliphatic heterocycles. The van der Waals surface area contributed by atoms with E-state index in [1.807, 2.05) is 13.8 Å². The maximum atomic E-state index is 9.74. The maximum absolute atomic E-state index is 9.74. The lowest BCUT2D eigenvalue weighted by Crippen LogP contribution is -2.52. The third kappa shape index (κ3) is 5.65. The molecule has 1 aliphatic rings. The summed E-state index contributed by atoms with van der Waals surface area (Å²) >= 11 is 0. The zero-order valence-electron chi connectivity index (χ0n) is 12.4. The van der Waals surface area contributed by atoms with Crippen LogP contribution in [0.1, 0.15) is 40.0 Å². The highest BCUT2D eigenvalue weighted by Crippen LogP contribution is 2.13. The van der Waals surface area contributed by atoms with E-state index in [4.69, 9.17) is 5.73 Å². The van der Waals surface area contributed by atoms with Gasteiger partial charge < -0.3 is 15.7 Å². The van der Waals surface area contributed by atoms with Gasteiger partial charge in [-0.25, -0.2) is 0 Å². The van der Waals surface area contributed by atoms with E-state index < -0.39 is 5.60 Å². The van der Waals surface area contributed by atoms with Crippen molar-refractivity contribution in [3.05, 3.63) is 0 Å². The second-order valence-electron chi connectivity index (χ2n) is 6.12. The number of nitrogens with zero attached hydrogens (tertiary/aromatic N) is 2. The van der Waals surface area contributed by atoms with Crippen LogP contribution < -0.4 is 5.73 Å². The van der Waals surface area contributed by atoms with E-state index in [1.165, 1.54) is 12.8 Å². The normalized spacial score (nSPS) is 21.2. The number of nitrogens with two attached hydrogens (primary N) is 1. The summed E-state index contributed by atoms with van der Waals surface area (Å²) < 4.78 is 0. The van der Waals surface area contributed by atoms with E-state index in [0.29, 0.717) is 6.04 Å². The third-order valence-corrected chi connectivity index (χ3v) is 3.86. The molecule has 0 aliphatic carbocycles. The minimum absolute atomic E-state index is 0.543. The summed E-state index contributed by atoms with van der Waals surface area (Å²) in [5, 5.41) is 9.74. The van der Waals surface area contributed by atoms with Crippen molar-refractivity contribution >= 4 is 0 Å². The smallest absolute Gasteiger partial charge is 0.0603 e. The first-order chi connectivity index (χ1) is 8.46. The molecule has 1 unspecified atom stereocenters. The van der Waals surface area contributed by atoms with Crippen LogP contribution in [-0.2, 0) is 0 Å². The van der Waals surface area contributed by atoms with Gasteiger partial charge in [-0.2, -0.15) is 0 Å². The van der Waals surface area contributed by atoms with Crippen molar-refractivity contribution in [3.63, 3.8) is 0 Å². The molecule has 18 heavy (non-hydrogen) atoms. The standard InChI is InChI=1S/C14H31N3O/c1-4-5-13(12-15)17-10-8-16(9-11-17)7-6-14(2,3)18/h13,18H,4-12,15H2,1-3H3. The van der Waals surface area contributed by atoms with Crippen LogP contribution in [0.3, 0.4) is 0 Å². The molecule has 108 valence electrons. The Morgan fingerprint density at radius 2 is 1.83 bits per heavy atom. The van der Waals surface area contributed by atoms with E-state index in [2.05, 4.69) is 16.7 Å². The molecule has 1 heterocycles. The maximum Gasteiger partial charge on any atom is 0.0603 e. The lowest BCUT2D eigenvalue weighted by molar-refractivity contribution is 0.0413. The van der Waals surface area contributed by atoms with Crippen molar-refractivity contribution in [3.8, 4) is 0 Å². The average molecular weight is 257 g/mol. The van der Waals surface area contributed by atoms with Crippen LogP contribution in [0.15, 0.2) is 0 Å². The zero-order valence-corrected chi connectivity index (χ0v) is 12.4. The van der Waals surface area contributed by atoms with Gasteiger partial charge in [-0.05, 0) is 26.7 Å². The van der Waals surface area contributed by atoms with Gasteiger partial charge in [0.05, 0.1) is 5.60 Å². The Balaban J connectivity index is 2.27. The van der Waals surface area contributed by atoms with Crippen LogP contribution in [0.5, 0.6) is 0 Å². The second-order valence-corrected chi connectivity index (χ2v) is 6.12. The topological polar surface area (TPSA) is 52.7 Å². The number of piperazine rings is 1. The summed E-state index contributed by atoms with van der Waals surface area (Å²) in [6.07, 6.45) is 3.27. The number of hydrogen-bond donors (Lipinski definition) is 2. The summed E-state index contributed by atoms with van der Waals surface area (Å²) in [6, 6.07) is 0.562. The molecule has 0 aromatic heterocycles. The second kappa shape index (κ2) is 7.43. The fourth-order valence-electron chi connectivity index (χ4n) is 2.57. The quantitative estimate of drug-likeness (QED) is 0.711. The van der Waals surface area contributed by atoms with Crippen LogP contribution in [0.4, 0.5) is 0 Å². The zero-order chi connectivity index (χ0) is 13.6. The van der Waals surface area contributed by atoms with E-state index in [-0.39, 0.29) is 0 Å². The molecule has 3 N–H and O–H groups in total. The Morgan fingerprint density at radius 1 is 1.22 bits per heavy atom. The van der Waals surface area contributed by atoms with Gasteiger partial charge in [0, 0.05) is 45.3 Å². The Labute approximate surface area is 112 Å². The van der Waals surface area contributed by atoms with Crippen molar-refractivity contribution in [1.29, 1.82) is 0 Å². The van der Waals surface area contributed by atoms with Gasteiger partial charge in [0.1, 0.15) is 0 Å². The summed E-state index contributed by atoms with van der Waals surface area (Å²) in [5.41, 5.74) is 5.31. The average Bonchev–Trinajstić information content (AvgIpc) is 2.33. The van der Waals surface area contributed by atoms with Gasteiger partial charge >= 0.3 is 0 Å². The predicted octanol–water partition coefficient (Wildman–Crippen LogP) is 0.892. The van der Waals surface area contributed by atoms with Crippen LogP contribution in [-0.4, -0.2) is 65.8 Å². The Bertz CT molecular complexity index is 220. The molecule has 1 rings (SSSR count). The van der Waals surface area contributed by atoms with Gasteiger partial charge in [0.15, 0.2) is 0 Å². The predicted molar refractivity (Wildman–Crippen MR) is 76.7 cm³/mol. The fourth-order valence-corrected chi connectivity index (χ4v) is 2.57. The van der Waals surface area contributed by atoms with E-state index in [9.17, 15) is 5.11 Å². The van der Waals surface area contributed by atoms with Crippen molar-refractivity contribution in [2.75, 3.05) is 39.3 Å². The third-order valence-electron chi connectivity index (χ3n) is 3.86. The van der Waals surface area contributed by atoms with Gasteiger partial charge in [-0.15, -0.1) is 0 Å². The van der Waals surface area contributed by atoms with Crippen LogP contribution >= 0.6 is 0 Å². The number of rotatable bonds is 7. The number of aliphatic hydroxyl groups is 1. The van der Waals surface area contributed by atoms with Crippen molar-refractivity contribution < 1.29 is 5.11 Å². The minimum Gasteiger partial charge on any atom is -0.390 e. The lowest BCUT2D eigenvalue weighted by atomic mass is 10.0. The van der Waals surface area contributed by atoms with Crippen molar-refractivity contribution in [2.24, 2.45) is 5.73 Å². The van der Waals surface area contributed by atoms with Crippen molar-refractivity contribution in [1.82, 2.24) is 9.80 Å². The lowest BCUT2D eigenvalue weighted by Gasteiger charge is -2.39. The fraction of sp³-hybridized carbons (Fsp3) is 1.00. The van der Waals surface area contributed by atoms with Gasteiger partial charge in [0.25, 0.3) is 0 Å². The Morgan fingerprint density at radius 3 is 2.28 bits per heavy atom. The molecule has 0 radical (unpaired) electrons. The molecule has 4 nitrogen and oxygen atoms in total. The Kier molecular flexibility index (Phi) is 6.57. The Hall–Kier alpha value is -0.160. The van der Waals surface area contributed by atoms with Gasteiger partial charge in [-0.1, -0.05) is 13.3 Å². The molecule has 0 amide bonds. The highest BCUT2D eigenvalue weighted by Gasteiger charge is 2.23. The molecule has 1 saturated heterocycles. The molecule has 1 fully saturated rings. The molecule has 0 saturated carbocycles. The highest BCUT2D eigenvalue weighted by atomic mass is 16.3. The molecular formula is C14H31N3O. The summed E-state index contributed by atoms with van der Waals surface area (Å²) in [6.45, 7) is 12.2. The molecule has 1 atom stereocenters. The highest BCUT2D eigenvalue weighted by molar-refractivity contribution is 4.80. The molecule has 0 bridgehead atoms. The van der Waals surface area contributed by atoms with E-state index >= 15 is 0 Å². The molecule has 4 heteroatoms. The molecule has 0 aromatic rings.